The number of hydrogen-bond donors (Lipinski definition) is 2. The highest BCUT2D eigenvalue weighted by Crippen LogP contribution is 2.01. The molecule has 0 aromatic heterocycles. The number of nitrogens with two attached hydrogens (primary N) is 1. The molecule has 0 fully saturated rings. The summed E-state index contributed by atoms with van der Waals surface area (Å²) in [5, 5.41) is 2.65. The van der Waals surface area contributed by atoms with E-state index in [9.17, 15) is 9.59 Å². The van der Waals surface area contributed by atoms with E-state index >= 15 is 0 Å². The third kappa shape index (κ3) is 7.21. The molecule has 0 bridgehead atoms. The lowest BCUT2D eigenvalue weighted by molar-refractivity contribution is -0.109. The first kappa shape index (κ1) is 15.2. The van der Waals surface area contributed by atoms with E-state index in [-0.39, 0.29) is 6.61 Å². The molecule has 3 N–H and O–H groups in total. The van der Waals surface area contributed by atoms with Gasteiger partial charge in [0.25, 0.3) is 0 Å². The van der Waals surface area contributed by atoms with Gasteiger partial charge >= 0.3 is 6.09 Å². The quantitative estimate of drug-likeness (QED) is 0.552. The number of alkyl carbamates (subject to hydrolysis) is 1. The second kappa shape index (κ2) is 9.10. The molecule has 0 aliphatic heterocycles. The maximum absolute atomic E-state index is 11.4. The zero-order valence-corrected chi connectivity index (χ0v) is 10.9. The molecule has 5 nitrogen and oxygen atoms in total. The Labute approximate surface area is 113 Å². The Hall–Kier alpha value is -1.88. The Morgan fingerprint density at radius 1 is 1.32 bits per heavy atom. The summed E-state index contributed by atoms with van der Waals surface area (Å²) >= 11 is 0. The molecule has 19 heavy (non-hydrogen) atoms. The molecule has 1 atom stereocenters. The minimum atomic E-state index is -0.427. The molecule has 0 radical (unpaired) electrons. The maximum Gasteiger partial charge on any atom is 0.407 e. The van der Waals surface area contributed by atoms with Crippen molar-refractivity contribution in [3.63, 3.8) is 0 Å². The standard InChI is InChI=1S/C14H20N2O3/c15-13(10-17)8-4-5-9-16-14(18)19-11-12-6-2-1-3-7-12/h1-3,6-7,10,13H,4-5,8-9,11,15H2,(H,16,18). The van der Waals surface area contributed by atoms with Crippen LogP contribution in [0.1, 0.15) is 24.8 Å². The molecule has 1 amide bonds. The molecule has 0 heterocycles. The average Bonchev–Trinajstić information content (AvgIpc) is 2.45. The number of carbonyl (C=O) groups is 2. The van der Waals surface area contributed by atoms with Gasteiger partial charge in [-0.25, -0.2) is 4.79 Å². The molecule has 0 spiro atoms. The second-order valence-corrected chi connectivity index (χ2v) is 4.28. The fourth-order valence-corrected chi connectivity index (χ4v) is 1.54. The molecule has 1 aromatic carbocycles. The van der Waals surface area contributed by atoms with E-state index in [2.05, 4.69) is 5.32 Å². The molecular weight excluding hydrogens is 244 g/mol. The van der Waals surface area contributed by atoms with Crippen molar-refractivity contribution in [1.29, 1.82) is 0 Å². The van der Waals surface area contributed by atoms with Gasteiger partial charge in [0.15, 0.2) is 0 Å². The molecular formula is C14H20N2O3. The largest absolute Gasteiger partial charge is 0.445 e. The van der Waals surface area contributed by atoms with Crippen LogP contribution >= 0.6 is 0 Å². The van der Waals surface area contributed by atoms with Crippen LogP contribution < -0.4 is 11.1 Å². The zero-order chi connectivity index (χ0) is 13.9. The van der Waals surface area contributed by atoms with Gasteiger partial charge in [0, 0.05) is 6.54 Å². The normalized spacial score (nSPS) is 11.6. The number of carbonyl (C=O) groups excluding carboxylic acids is 2. The maximum atomic E-state index is 11.4. The predicted molar refractivity (Wildman–Crippen MR) is 72.5 cm³/mol. The zero-order valence-electron chi connectivity index (χ0n) is 10.9. The van der Waals surface area contributed by atoms with E-state index in [4.69, 9.17) is 10.5 Å². The van der Waals surface area contributed by atoms with Gasteiger partial charge in [-0.05, 0) is 24.8 Å². The summed E-state index contributed by atoms with van der Waals surface area (Å²) in [6.45, 7) is 0.794. The highest BCUT2D eigenvalue weighted by atomic mass is 16.5. The highest BCUT2D eigenvalue weighted by molar-refractivity contribution is 5.67. The number of ether oxygens (including phenoxy) is 1. The van der Waals surface area contributed by atoms with Crippen molar-refractivity contribution in [1.82, 2.24) is 5.32 Å². The molecule has 1 aromatic rings. The summed E-state index contributed by atoms with van der Waals surface area (Å²) in [5.41, 5.74) is 6.40. The van der Waals surface area contributed by atoms with Crippen molar-refractivity contribution < 1.29 is 14.3 Å². The Bertz CT molecular complexity index is 382. The molecule has 0 saturated heterocycles. The van der Waals surface area contributed by atoms with E-state index in [1.807, 2.05) is 30.3 Å². The first-order chi connectivity index (χ1) is 9.22. The van der Waals surface area contributed by atoms with Crippen molar-refractivity contribution in [3.8, 4) is 0 Å². The molecule has 0 aliphatic carbocycles. The fourth-order valence-electron chi connectivity index (χ4n) is 1.54. The molecule has 0 aliphatic rings. The van der Waals surface area contributed by atoms with E-state index < -0.39 is 12.1 Å². The van der Waals surface area contributed by atoms with Crippen LogP contribution in [0.4, 0.5) is 4.79 Å². The predicted octanol–water partition coefficient (Wildman–Crippen LogP) is 1.61. The van der Waals surface area contributed by atoms with Crippen LogP contribution in [0.15, 0.2) is 30.3 Å². The van der Waals surface area contributed by atoms with E-state index in [1.54, 1.807) is 0 Å². The van der Waals surface area contributed by atoms with Gasteiger partial charge in [-0.1, -0.05) is 30.3 Å². The lowest BCUT2D eigenvalue weighted by Gasteiger charge is -2.07. The molecule has 1 unspecified atom stereocenters. The molecule has 104 valence electrons. The Morgan fingerprint density at radius 3 is 2.74 bits per heavy atom. The number of rotatable bonds is 8. The van der Waals surface area contributed by atoms with Crippen molar-refractivity contribution in [2.75, 3.05) is 6.54 Å². The summed E-state index contributed by atoms with van der Waals surface area (Å²) in [4.78, 5) is 21.6. The lowest BCUT2D eigenvalue weighted by atomic mass is 10.1. The Morgan fingerprint density at radius 2 is 2.05 bits per heavy atom. The highest BCUT2D eigenvalue weighted by Gasteiger charge is 2.02. The van der Waals surface area contributed by atoms with E-state index in [1.165, 1.54) is 0 Å². The average molecular weight is 264 g/mol. The number of unbranched alkanes of at least 4 members (excludes halogenated alkanes) is 1. The third-order valence-electron chi connectivity index (χ3n) is 2.62. The number of nitrogens with one attached hydrogen (secondary N) is 1. The van der Waals surface area contributed by atoms with Gasteiger partial charge in [0.2, 0.25) is 0 Å². The lowest BCUT2D eigenvalue weighted by Crippen LogP contribution is -2.26. The fraction of sp³-hybridized carbons (Fsp3) is 0.429. The van der Waals surface area contributed by atoms with Crippen LogP contribution in [-0.2, 0) is 16.1 Å². The summed E-state index contributed by atoms with van der Waals surface area (Å²) in [6, 6.07) is 9.10. The monoisotopic (exact) mass is 264 g/mol. The summed E-state index contributed by atoms with van der Waals surface area (Å²) in [5.74, 6) is 0. The van der Waals surface area contributed by atoms with Gasteiger partial charge in [0.05, 0.1) is 6.04 Å². The second-order valence-electron chi connectivity index (χ2n) is 4.28. The topological polar surface area (TPSA) is 81.4 Å². The Kier molecular flexibility index (Phi) is 7.27. The summed E-state index contributed by atoms with van der Waals surface area (Å²) in [7, 11) is 0. The summed E-state index contributed by atoms with van der Waals surface area (Å²) < 4.78 is 5.05. The number of benzene rings is 1. The molecule has 5 heteroatoms. The van der Waals surface area contributed by atoms with Crippen LogP contribution in [0.25, 0.3) is 0 Å². The number of aldehydes is 1. The van der Waals surface area contributed by atoms with Gasteiger partial charge in [-0.15, -0.1) is 0 Å². The van der Waals surface area contributed by atoms with Crippen LogP contribution in [0.2, 0.25) is 0 Å². The van der Waals surface area contributed by atoms with Crippen molar-refractivity contribution in [2.24, 2.45) is 5.73 Å². The number of amides is 1. The first-order valence-corrected chi connectivity index (χ1v) is 6.38. The van der Waals surface area contributed by atoms with Crippen LogP contribution in [0.3, 0.4) is 0 Å². The van der Waals surface area contributed by atoms with Gasteiger partial charge < -0.3 is 20.6 Å². The molecule has 1 rings (SSSR count). The SMILES string of the molecule is NC(C=O)CCCCNC(=O)OCc1ccccc1. The van der Waals surface area contributed by atoms with Gasteiger partial charge in [-0.2, -0.15) is 0 Å². The first-order valence-electron chi connectivity index (χ1n) is 6.38. The van der Waals surface area contributed by atoms with Crippen molar-refractivity contribution in [2.45, 2.75) is 31.9 Å². The van der Waals surface area contributed by atoms with Crippen molar-refractivity contribution in [3.05, 3.63) is 35.9 Å². The van der Waals surface area contributed by atoms with Gasteiger partial charge in [0.1, 0.15) is 12.9 Å². The Balaban J connectivity index is 2.04. The summed E-state index contributed by atoms with van der Waals surface area (Å²) in [6.07, 6.45) is 2.54. The van der Waals surface area contributed by atoms with E-state index in [0.717, 1.165) is 24.7 Å². The molecule has 0 saturated carbocycles. The van der Waals surface area contributed by atoms with Crippen LogP contribution in [0.5, 0.6) is 0 Å². The van der Waals surface area contributed by atoms with Crippen LogP contribution in [0, 0.1) is 0 Å². The minimum absolute atomic E-state index is 0.267. The van der Waals surface area contributed by atoms with Crippen molar-refractivity contribution >= 4 is 12.4 Å². The van der Waals surface area contributed by atoms with E-state index in [0.29, 0.717) is 13.0 Å². The third-order valence-corrected chi connectivity index (χ3v) is 2.62. The van der Waals surface area contributed by atoms with Crippen LogP contribution in [-0.4, -0.2) is 25.0 Å². The number of hydrogen-bond acceptors (Lipinski definition) is 4. The minimum Gasteiger partial charge on any atom is -0.445 e. The smallest absolute Gasteiger partial charge is 0.407 e. The van der Waals surface area contributed by atoms with Gasteiger partial charge in [-0.3, -0.25) is 0 Å².